The molecule has 0 N–H and O–H groups in total. The fourth-order valence-corrected chi connectivity index (χ4v) is 28.9. The minimum atomic E-state index is -4.40. The van der Waals surface area contributed by atoms with E-state index in [1.54, 1.807) is 17.7 Å². The van der Waals surface area contributed by atoms with E-state index in [0.29, 0.717) is 7.25 Å². The summed E-state index contributed by atoms with van der Waals surface area (Å²) in [6.45, 7) is 14.2. The van der Waals surface area contributed by atoms with E-state index < -0.39 is 18.3 Å². The van der Waals surface area contributed by atoms with Gasteiger partial charge in [0.15, 0.2) is 0 Å². The van der Waals surface area contributed by atoms with E-state index in [1.807, 2.05) is 0 Å². The number of hydrogen-bond donors (Lipinski definition) is 0. The molecule has 3 aliphatic rings. The summed E-state index contributed by atoms with van der Waals surface area (Å²) in [5, 5.41) is 0. The van der Waals surface area contributed by atoms with Gasteiger partial charge in [0.05, 0.1) is 0 Å². The van der Waals surface area contributed by atoms with Crippen molar-refractivity contribution in [2.75, 3.05) is 0 Å². The van der Waals surface area contributed by atoms with E-state index in [2.05, 4.69) is 127 Å². The summed E-state index contributed by atoms with van der Waals surface area (Å²) in [6, 6.07) is 26.7. The summed E-state index contributed by atoms with van der Waals surface area (Å²) in [5.74, 6) is 0. The number of allylic oxidation sites excluding steroid dienone is 4. The first-order chi connectivity index (χ1) is 18.9. The summed E-state index contributed by atoms with van der Waals surface area (Å²) >= 11 is -4.40. The molecule has 0 aliphatic heterocycles. The maximum absolute atomic E-state index is 5.84. The van der Waals surface area contributed by atoms with E-state index in [0.717, 1.165) is 6.42 Å². The molecule has 0 heterocycles. The summed E-state index contributed by atoms with van der Waals surface area (Å²) in [5.41, 5.74) is 9.13. The van der Waals surface area contributed by atoms with Crippen LogP contribution in [0.25, 0.3) is 11.1 Å². The van der Waals surface area contributed by atoms with Gasteiger partial charge >= 0.3 is 246 Å². The van der Waals surface area contributed by atoms with Crippen LogP contribution in [0.5, 0.6) is 0 Å². The predicted molar refractivity (Wildman–Crippen MR) is 187 cm³/mol. The molecule has 3 aromatic carbocycles. The predicted octanol–water partition coefficient (Wildman–Crippen LogP) is 11.2. The summed E-state index contributed by atoms with van der Waals surface area (Å²) in [4.78, 5) is 0. The maximum atomic E-state index is 5.84. The van der Waals surface area contributed by atoms with Gasteiger partial charge in [0.2, 0.25) is 0 Å². The minimum absolute atomic E-state index is 0. The van der Waals surface area contributed by atoms with Crippen LogP contribution < -0.4 is 3.27 Å². The van der Waals surface area contributed by atoms with Crippen molar-refractivity contribution in [1.29, 1.82) is 0 Å². The Kier molecular flexibility index (Phi) is 9.35. The molecule has 0 amide bonds. The van der Waals surface area contributed by atoms with Gasteiger partial charge in [-0.25, -0.2) is 0 Å². The van der Waals surface area contributed by atoms with Crippen molar-refractivity contribution in [3.63, 3.8) is 0 Å². The fraction of sp³-hybridized carbons (Fsp3) is 0.410. The quantitative estimate of drug-likeness (QED) is 0.257. The Morgan fingerprint density at radius 1 is 0.690 bits per heavy atom. The third kappa shape index (κ3) is 5.05. The van der Waals surface area contributed by atoms with Crippen molar-refractivity contribution >= 4 is 32.3 Å². The van der Waals surface area contributed by atoms with Crippen molar-refractivity contribution in [2.24, 2.45) is 0 Å². The first-order valence-corrected chi connectivity index (χ1v) is 22.7. The second-order valence-electron chi connectivity index (χ2n) is 15.2. The van der Waals surface area contributed by atoms with Gasteiger partial charge in [-0.3, -0.25) is 0 Å². The summed E-state index contributed by atoms with van der Waals surface area (Å²) in [7, 11) is 0. The molecule has 6 rings (SSSR count). The third-order valence-corrected chi connectivity index (χ3v) is 30.5. The van der Waals surface area contributed by atoms with Crippen LogP contribution in [0.4, 0.5) is 0 Å². The molecule has 3 aromatic rings. The van der Waals surface area contributed by atoms with Gasteiger partial charge in [0, 0.05) is 0 Å². The van der Waals surface area contributed by atoms with Crippen LogP contribution in [0.15, 0.2) is 88.2 Å². The van der Waals surface area contributed by atoms with Gasteiger partial charge < -0.3 is 0 Å². The molecule has 0 spiro atoms. The van der Waals surface area contributed by atoms with Crippen LogP contribution in [-0.4, -0.2) is 4.21 Å². The van der Waals surface area contributed by atoms with Crippen molar-refractivity contribution in [2.45, 2.75) is 98.1 Å². The molecule has 1 fully saturated rings. The first-order valence-electron chi connectivity index (χ1n) is 15.7. The zero-order chi connectivity index (χ0) is 28.4. The molecule has 42 heavy (non-hydrogen) atoms. The summed E-state index contributed by atoms with van der Waals surface area (Å²) in [6.07, 6.45) is 15.0. The van der Waals surface area contributed by atoms with E-state index in [9.17, 15) is 0 Å². The first kappa shape index (κ1) is 33.4. The summed E-state index contributed by atoms with van der Waals surface area (Å²) < 4.78 is 10.2. The number of fused-ring (bicyclic) bond motifs is 3. The molecule has 0 aromatic heterocycles. The van der Waals surface area contributed by atoms with Crippen LogP contribution in [0, 0.1) is 0 Å². The number of hydrogen-bond acceptors (Lipinski definition) is 0. The monoisotopic (exact) mass is 678 g/mol. The van der Waals surface area contributed by atoms with Gasteiger partial charge in [-0.15, -0.1) is 24.8 Å². The molecule has 0 unspecified atom stereocenters. The van der Waals surface area contributed by atoms with Crippen LogP contribution in [-0.2, 0) is 29.1 Å². The molecular weight excluding hydrogens is 631 g/mol. The average molecular weight is 681 g/mol. The zero-order valence-electron chi connectivity index (χ0n) is 26.5. The Balaban J connectivity index is 0.00000202. The Morgan fingerprint density at radius 2 is 1.21 bits per heavy atom. The molecule has 3 aliphatic carbocycles. The van der Waals surface area contributed by atoms with Crippen LogP contribution >= 0.6 is 24.8 Å². The van der Waals surface area contributed by atoms with Gasteiger partial charge in [-0.05, 0) is 0 Å². The fourth-order valence-electron chi connectivity index (χ4n) is 8.65. The molecular formula is C39H50Cl2Zr. The van der Waals surface area contributed by atoms with Crippen molar-refractivity contribution in [3.8, 4) is 11.1 Å². The van der Waals surface area contributed by atoms with Crippen LogP contribution in [0.2, 0.25) is 3.63 Å². The van der Waals surface area contributed by atoms with E-state index in [1.165, 1.54) is 54.4 Å². The second-order valence-corrected chi connectivity index (χ2v) is 29.6. The average Bonchev–Trinajstić information content (AvgIpc) is 3.60. The molecule has 0 bridgehead atoms. The topological polar surface area (TPSA) is 0 Å². The molecule has 3 heteroatoms. The van der Waals surface area contributed by atoms with Crippen molar-refractivity contribution in [1.82, 2.24) is 0 Å². The van der Waals surface area contributed by atoms with E-state index in [-0.39, 0.29) is 35.6 Å². The molecule has 224 valence electrons. The Morgan fingerprint density at radius 3 is 1.67 bits per heavy atom. The van der Waals surface area contributed by atoms with Crippen LogP contribution in [0.1, 0.15) is 106 Å². The Hall–Kier alpha value is -1.53. The van der Waals surface area contributed by atoms with Gasteiger partial charge in [0.25, 0.3) is 0 Å². The van der Waals surface area contributed by atoms with Crippen molar-refractivity contribution in [3.05, 3.63) is 110 Å². The molecule has 0 saturated heterocycles. The Bertz CT molecular complexity index is 1510. The van der Waals surface area contributed by atoms with Gasteiger partial charge in [-0.2, -0.15) is 0 Å². The second kappa shape index (κ2) is 11.8. The van der Waals surface area contributed by atoms with E-state index in [4.69, 9.17) is 4.21 Å². The van der Waals surface area contributed by atoms with Crippen molar-refractivity contribution < 1.29 is 18.3 Å². The number of benzene rings is 3. The van der Waals surface area contributed by atoms with E-state index >= 15 is 0 Å². The normalized spacial score (nSPS) is 17.6. The van der Waals surface area contributed by atoms with Gasteiger partial charge in [-0.1, -0.05) is 0 Å². The molecule has 0 nitrogen and oxygen atoms in total. The van der Waals surface area contributed by atoms with Gasteiger partial charge in [0.1, 0.15) is 0 Å². The number of rotatable bonds is 4. The zero-order valence-corrected chi connectivity index (χ0v) is 30.6. The number of halogens is 2. The molecule has 0 atom stereocenters. The standard InChI is InChI=1S/C21H25.C6H11.C6H5.C5H5.CH2.2ClH.Zr/c1-20(2,3)16-7-9-18-14(12-16)11-15-13-17(21(4,5)6)8-10-19(15)18;2*1-2-4-6-5-3-1;1-2-4-5-3-1;;;;/h7-13H,1-6H3;1H,2-6H2;1-5H;1-3H,4H2;1H2;2*1H;. The molecule has 0 radical (unpaired) electrons. The van der Waals surface area contributed by atoms with Crippen LogP contribution in [0.3, 0.4) is 0 Å². The Labute approximate surface area is 268 Å². The SMILES string of the molecule is Cl.Cl.[CH2]=[Zr]([C]1=CC=CC1)([c]1ccccc1)([CH]1CCCCC1)[CH]1c2cc(C(C)(C)C)ccc2-c2ccc(C(C)(C)C)cc21. The molecule has 1 saturated carbocycles. The third-order valence-electron chi connectivity index (χ3n) is 10.9.